The maximum atomic E-state index is 13.0. The van der Waals surface area contributed by atoms with Crippen LogP contribution < -0.4 is 10.9 Å². The van der Waals surface area contributed by atoms with Gasteiger partial charge in [0, 0.05) is 43.5 Å². The molecule has 3 heterocycles. The largest absolute Gasteiger partial charge is 0.349 e. The molecule has 8 nitrogen and oxygen atoms in total. The highest BCUT2D eigenvalue weighted by Gasteiger charge is 2.16. The third-order valence-electron chi connectivity index (χ3n) is 5.88. The van der Waals surface area contributed by atoms with Crippen LogP contribution in [-0.4, -0.2) is 36.4 Å². The van der Waals surface area contributed by atoms with Crippen molar-refractivity contribution < 1.29 is 4.79 Å². The number of hydrogen-bond acceptors (Lipinski definition) is 4. The van der Waals surface area contributed by atoms with Crippen molar-refractivity contribution in [3.8, 4) is 11.3 Å². The number of nitrogens with one attached hydrogen (secondary N) is 1. The van der Waals surface area contributed by atoms with E-state index >= 15 is 0 Å². The Morgan fingerprint density at radius 2 is 1.82 bits per heavy atom. The normalized spacial score (nSPS) is 11.4. The molecule has 0 aliphatic rings. The number of hydrogen-bond donors (Lipinski definition) is 1. The van der Waals surface area contributed by atoms with E-state index in [0.717, 1.165) is 33.3 Å². The second-order valence-electron chi connectivity index (χ2n) is 8.22. The van der Waals surface area contributed by atoms with Gasteiger partial charge in [-0.05, 0) is 37.6 Å². The summed E-state index contributed by atoms with van der Waals surface area (Å²) in [6.45, 7) is 4.71. The van der Waals surface area contributed by atoms with Gasteiger partial charge in [-0.25, -0.2) is 4.52 Å². The molecule has 0 aliphatic heterocycles. The Bertz CT molecular complexity index is 1570. The first kappa shape index (κ1) is 20.7. The molecule has 5 aromatic rings. The summed E-state index contributed by atoms with van der Waals surface area (Å²) in [5.41, 5.74) is 5.64. The van der Waals surface area contributed by atoms with Gasteiger partial charge in [0.1, 0.15) is 5.52 Å². The molecule has 0 bridgehead atoms. The van der Waals surface area contributed by atoms with Gasteiger partial charge in [-0.3, -0.25) is 14.3 Å². The number of benzene rings is 2. The first-order chi connectivity index (χ1) is 15.9. The monoisotopic (exact) mass is 440 g/mol. The van der Waals surface area contributed by atoms with Crippen LogP contribution in [0.4, 0.5) is 0 Å². The molecule has 0 radical (unpaired) electrons. The van der Waals surface area contributed by atoms with E-state index in [4.69, 9.17) is 0 Å². The summed E-state index contributed by atoms with van der Waals surface area (Å²) in [4.78, 5) is 25.7. The van der Waals surface area contributed by atoms with E-state index in [1.807, 2.05) is 51.2 Å². The van der Waals surface area contributed by atoms with Crippen molar-refractivity contribution in [1.29, 1.82) is 0 Å². The zero-order chi connectivity index (χ0) is 23.1. The molecule has 0 atom stereocenters. The standard InChI is InChI=1S/C25H24N6O2/c1-16-8-9-17(2)19(14-16)20-15-22-25(33)30(12-13-31(22)27-20)11-10-26-24(32)23-18-6-4-5-7-21(18)29(3)28-23/h4-9,12-15H,10-11H2,1-3H3,(H,26,32). The summed E-state index contributed by atoms with van der Waals surface area (Å²) in [7, 11) is 1.81. The number of nitrogens with zero attached hydrogens (tertiary/aromatic N) is 5. The van der Waals surface area contributed by atoms with E-state index < -0.39 is 0 Å². The SMILES string of the molecule is Cc1ccc(C)c(-c2cc3c(=O)n(CCNC(=O)c4nn(C)c5ccccc45)ccn3n2)c1. The molecular weight excluding hydrogens is 416 g/mol. The molecule has 5 rings (SSSR count). The summed E-state index contributed by atoms with van der Waals surface area (Å²) in [5, 5.41) is 12.6. The van der Waals surface area contributed by atoms with Crippen LogP contribution in [0.15, 0.2) is 65.7 Å². The molecule has 0 aliphatic carbocycles. The Morgan fingerprint density at radius 1 is 1.00 bits per heavy atom. The van der Waals surface area contributed by atoms with Crippen molar-refractivity contribution in [2.24, 2.45) is 7.05 Å². The van der Waals surface area contributed by atoms with Gasteiger partial charge in [0.2, 0.25) is 0 Å². The van der Waals surface area contributed by atoms with Crippen LogP contribution in [-0.2, 0) is 13.6 Å². The molecule has 1 amide bonds. The van der Waals surface area contributed by atoms with Crippen molar-refractivity contribution in [3.05, 3.63) is 88.1 Å². The van der Waals surface area contributed by atoms with Gasteiger partial charge < -0.3 is 9.88 Å². The fraction of sp³-hybridized carbons (Fsp3) is 0.200. The molecular formula is C25H24N6O2. The fourth-order valence-corrected chi connectivity index (χ4v) is 4.10. The number of para-hydroxylation sites is 1. The lowest BCUT2D eigenvalue weighted by atomic mass is 10.0. The number of amides is 1. The molecule has 3 aromatic heterocycles. The molecule has 0 fully saturated rings. The molecule has 0 spiro atoms. The topological polar surface area (TPSA) is 86.2 Å². The predicted molar refractivity (Wildman–Crippen MR) is 127 cm³/mol. The van der Waals surface area contributed by atoms with Gasteiger partial charge in [0.05, 0.1) is 11.2 Å². The molecule has 0 saturated carbocycles. The van der Waals surface area contributed by atoms with Crippen molar-refractivity contribution in [3.63, 3.8) is 0 Å². The minimum atomic E-state index is -0.262. The summed E-state index contributed by atoms with van der Waals surface area (Å²) >= 11 is 0. The highest BCUT2D eigenvalue weighted by Crippen LogP contribution is 2.23. The first-order valence-corrected chi connectivity index (χ1v) is 10.8. The molecule has 0 saturated heterocycles. The molecule has 2 aromatic carbocycles. The van der Waals surface area contributed by atoms with Gasteiger partial charge in [-0.2, -0.15) is 10.2 Å². The second kappa shape index (κ2) is 8.05. The molecule has 33 heavy (non-hydrogen) atoms. The highest BCUT2D eigenvalue weighted by molar-refractivity contribution is 6.04. The van der Waals surface area contributed by atoms with Crippen molar-refractivity contribution in [2.75, 3.05) is 6.54 Å². The average molecular weight is 441 g/mol. The first-order valence-electron chi connectivity index (χ1n) is 10.8. The number of rotatable bonds is 5. The highest BCUT2D eigenvalue weighted by atomic mass is 16.2. The van der Waals surface area contributed by atoms with Crippen LogP contribution in [0.25, 0.3) is 27.7 Å². The molecule has 8 heteroatoms. The third kappa shape index (κ3) is 3.69. The summed E-state index contributed by atoms with van der Waals surface area (Å²) < 4.78 is 4.88. The van der Waals surface area contributed by atoms with E-state index in [-0.39, 0.29) is 11.5 Å². The van der Waals surface area contributed by atoms with Crippen LogP contribution in [0.5, 0.6) is 0 Å². The number of aryl methyl sites for hydroxylation is 3. The predicted octanol–water partition coefficient (Wildman–Crippen LogP) is 3.10. The van der Waals surface area contributed by atoms with Crippen LogP contribution in [0, 0.1) is 13.8 Å². The average Bonchev–Trinajstić information content (AvgIpc) is 3.39. The zero-order valence-electron chi connectivity index (χ0n) is 18.7. The maximum absolute atomic E-state index is 13.0. The van der Waals surface area contributed by atoms with Crippen LogP contribution in [0.3, 0.4) is 0 Å². The Kier molecular flexibility index (Phi) is 5.05. The van der Waals surface area contributed by atoms with E-state index in [1.165, 1.54) is 0 Å². The van der Waals surface area contributed by atoms with E-state index in [1.54, 1.807) is 26.2 Å². The smallest absolute Gasteiger partial charge is 0.276 e. The quantitative estimate of drug-likeness (QED) is 0.455. The van der Waals surface area contributed by atoms with Crippen LogP contribution in [0.2, 0.25) is 0 Å². The van der Waals surface area contributed by atoms with Gasteiger partial charge in [0.25, 0.3) is 11.5 Å². The molecule has 1 N–H and O–H groups in total. The van der Waals surface area contributed by atoms with Crippen molar-refractivity contribution >= 4 is 22.3 Å². The van der Waals surface area contributed by atoms with Crippen LogP contribution >= 0.6 is 0 Å². The summed E-state index contributed by atoms with van der Waals surface area (Å²) in [6.07, 6.45) is 3.46. The van der Waals surface area contributed by atoms with Gasteiger partial charge in [-0.15, -0.1) is 0 Å². The summed E-state index contributed by atoms with van der Waals surface area (Å²) in [5.74, 6) is -0.262. The van der Waals surface area contributed by atoms with Gasteiger partial charge >= 0.3 is 0 Å². The Labute approximate surface area is 190 Å². The molecule has 166 valence electrons. The second-order valence-corrected chi connectivity index (χ2v) is 8.22. The minimum Gasteiger partial charge on any atom is -0.349 e. The lowest BCUT2D eigenvalue weighted by Gasteiger charge is -2.07. The third-order valence-corrected chi connectivity index (χ3v) is 5.88. The molecule has 0 unspecified atom stereocenters. The van der Waals surface area contributed by atoms with E-state index in [9.17, 15) is 9.59 Å². The summed E-state index contributed by atoms with van der Waals surface area (Å²) in [6, 6.07) is 15.6. The minimum absolute atomic E-state index is 0.154. The lowest BCUT2D eigenvalue weighted by Crippen LogP contribution is -2.31. The van der Waals surface area contributed by atoms with Gasteiger partial charge in [0.15, 0.2) is 5.69 Å². The Morgan fingerprint density at radius 3 is 2.67 bits per heavy atom. The zero-order valence-corrected chi connectivity index (χ0v) is 18.7. The van der Waals surface area contributed by atoms with E-state index in [0.29, 0.717) is 24.3 Å². The Balaban J connectivity index is 1.35. The number of fused-ring (bicyclic) bond motifs is 2. The van der Waals surface area contributed by atoms with Crippen molar-refractivity contribution in [2.45, 2.75) is 20.4 Å². The number of carbonyl (C=O) groups excluding carboxylic acids is 1. The fourth-order valence-electron chi connectivity index (χ4n) is 4.10. The number of carbonyl (C=O) groups is 1. The van der Waals surface area contributed by atoms with Crippen molar-refractivity contribution in [1.82, 2.24) is 29.3 Å². The maximum Gasteiger partial charge on any atom is 0.276 e. The number of aromatic nitrogens is 5. The van der Waals surface area contributed by atoms with Gasteiger partial charge in [-0.1, -0.05) is 35.9 Å². The Hall–Kier alpha value is -4.20. The van der Waals surface area contributed by atoms with Crippen LogP contribution in [0.1, 0.15) is 21.6 Å². The van der Waals surface area contributed by atoms with E-state index in [2.05, 4.69) is 33.7 Å². The lowest BCUT2D eigenvalue weighted by molar-refractivity contribution is 0.0948.